The molecule has 126 valence electrons. The molecule has 0 amide bonds. The molecule has 2 unspecified atom stereocenters. The van der Waals surface area contributed by atoms with E-state index in [9.17, 15) is 4.79 Å². The van der Waals surface area contributed by atoms with Crippen LogP contribution in [-0.2, 0) is 9.63 Å². The Balaban J connectivity index is 2.85. The van der Waals surface area contributed by atoms with Gasteiger partial charge in [-0.1, -0.05) is 37.9 Å². The van der Waals surface area contributed by atoms with Gasteiger partial charge in [0.05, 0.1) is 5.71 Å². The van der Waals surface area contributed by atoms with Crippen LogP contribution in [0.25, 0.3) is 0 Å². The van der Waals surface area contributed by atoms with E-state index in [0.717, 1.165) is 42.7 Å². The summed E-state index contributed by atoms with van der Waals surface area (Å²) in [6, 6.07) is 0. The Morgan fingerprint density at radius 1 is 1.36 bits per heavy atom. The molecule has 0 heterocycles. The lowest BCUT2D eigenvalue weighted by Gasteiger charge is -2.27. The molecule has 1 aliphatic carbocycles. The second-order valence-corrected chi connectivity index (χ2v) is 7.78. The molecule has 0 aromatic carbocycles. The van der Waals surface area contributed by atoms with Crippen LogP contribution in [0.4, 0.5) is 0 Å². The third-order valence-corrected chi connectivity index (χ3v) is 5.07. The van der Waals surface area contributed by atoms with E-state index in [0.29, 0.717) is 24.2 Å². The first-order valence-electron chi connectivity index (χ1n) is 8.57. The predicted octanol–water partition coefficient (Wildman–Crippen LogP) is 5.01. The summed E-state index contributed by atoms with van der Waals surface area (Å²) in [5, 5.41) is 4.83. The number of hydrogen-bond donors (Lipinski definition) is 0. The highest BCUT2D eigenvalue weighted by atomic mass is 32.2. The summed E-state index contributed by atoms with van der Waals surface area (Å²) in [4.78, 5) is 17.9. The molecule has 0 saturated heterocycles. The van der Waals surface area contributed by atoms with Crippen molar-refractivity contribution in [2.75, 3.05) is 12.4 Å². The summed E-state index contributed by atoms with van der Waals surface area (Å²) in [5.74, 6) is 1.89. The topological polar surface area (TPSA) is 38.7 Å². The Hall–Kier alpha value is -0.770. The zero-order valence-electron chi connectivity index (χ0n) is 14.8. The fourth-order valence-corrected chi connectivity index (χ4v) is 4.18. The summed E-state index contributed by atoms with van der Waals surface area (Å²) in [7, 11) is 0. The van der Waals surface area contributed by atoms with Gasteiger partial charge in [0.25, 0.3) is 0 Å². The lowest BCUT2D eigenvalue weighted by molar-refractivity contribution is -0.116. The monoisotopic (exact) mass is 325 g/mol. The van der Waals surface area contributed by atoms with Crippen LogP contribution < -0.4 is 0 Å². The molecule has 0 fully saturated rings. The molecule has 0 aliphatic heterocycles. The van der Waals surface area contributed by atoms with Gasteiger partial charge >= 0.3 is 0 Å². The number of rotatable bonds is 9. The van der Waals surface area contributed by atoms with Gasteiger partial charge in [-0.3, -0.25) is 4.79 Å². The summed E-state index contributed by atoms with van der Waals surface area (Å²) in [5.41, 5.74) is 2.89. The number of nitrogens with zero attached hydrogens (tertiary/aromatic N) is 1. The first-order valence-corrected chi connectivity index (χ1v) is 9.61. The largest absolute Gasteiger partial charge is 0.396 e. The highest BCUT2D eigenvalue weighted by Gasteiger charge is 2.29. The quantitative estimate of drug-likeness (QED) is 0.442. The fraction of sp³-hybridized carbons (Fsp3) is 0.778. The Bertz CT molecular complexity index is 429. The van der Waals surface area contributed by atoms with Gasteiger partial charge in [0, 0.05) is 17.2 Å². The van der Waals surface area contributed by atoms with Crippen molar-refractivity contribution in [1.29, 1.82) is 0 Å². The molecule has 1 aliphatic rings. The summed E-state index contributed by atoms with van der Waals surface area (Å²) in [6.07, 6.45) is 4.59. The molecule has 4 heteroatoms. The molecule has 0 radical (unpaired) electrons. The van der Waals surface area contributed by atoms with Crippen LogP contribution in [0.15, 0.2) is 16.3 Å². The summed E-state index contributed by atoms with van der Waals surface area (Å²) >= 11 is 1.98. The number of hydrogen-bond acceptors (Lipinski definition) is 4. The van der Waals surface area contributed by atoms with Gasteiger partial charge in [-0.25, -0.2) is 0 Å². The second-order valence-electron chi connectivity index (χ2n) is 6.06. The first kappa shape index (κ1) is 19.3. The van der Waals surface area contributed by atoms with Crippen LogP contribution in [0.3, 0.4) is 0 Å². The van der Waals surface area contributed by atoms with E-state index in [1.807, 2.05) is 18.7 Å². The molecule has 0 aromatic heterocycles. The van der Waals surface area contributed by atoms with E-state index in [-0.39, 0.29) is 5.78 Å². The lowest BCUT2D eigenvalue weighted by Crippen LogP contribution is -2.25. The summed E-state index contributed by atoms with van der Waals surface area (Å²) in [6.45, 7) is 11.1. The van der Waals surface area contributed by atoms with Gasteiger partial charge in [0.2, 0.25) is 0 Å². The van der Waals surface area contributed by atoms with Crippen LogP contribution in [-0.4, -0.2) is 29.1 Å². The van der Waals surface area contributed by atoms with Crippen LogP contribution in [0.1, 0.15) is 66.7 Å². The van der Waals surface area contributed by atoms with E-state index >= 15 is 0 Å². The minimum atomic E-state index is 0.259. The number of carbonyl (C=O) groups excluding carboxylic acids is 1. The minimum absolute atomic E-state index is 0.259. The number of allylic oxidation sites excluding steroid dienone is 2. The molecule has 1 rings (SSSR count). The third-order valence-electron chi connectivity index (χ3n) is 3.97. The Kier molecular flexibility index (Phi) is 8.84. The van der Waals surface area contributed by atoms with Crippen LogP contribution in [0, 0.1) is 5.92 Å². The van der Waals surface area contributed by atoms with Crippen molar-refractivity contribution >= 4 is 23.3 Å². The number of Topliss-reactive ketones (excluding diaryl/α,β-unsaturated/α-hetero) is 1. The van der Waals surface area contributed by atoms with E-state index in [1.165, 1.54) is 5.57 Å². The van der Waals surface area contributed by atoms with Gasteiger partial charge < -0.3 is 4.84 Å². The van der Waals surface area contributed by atoms with Crippen molar-refractivity contribution in [1.82, 2.24) is 0 Å². The molecule has 0 spiro atoms. The van der Waals surface area contributed by atoms with E-state index in [4.69, 9.17) is 4.84 Å². The Labute approximate surface area is 139 Å². The summed E-state index contributed by atoms with van der Waals surface area (Å²) < 4.78 is 0. The van der Waals surface area contributed by atoms with E-state index < -0.39 is 0 Å². The third kappa shape index (κ3) is 5.79. The zero-order chi connectivity index (χ0) is 16.5. The van der Waals surface area contributed by atoms with Crippen molar-refractivity contribution in [3.8, 4) is 0 Å². The Morgan fingerprint density at radius 3 is 2.64 bits per heavy atom. The number of ketones is 1. The molecule has 0 aromatic rings. The molecule has 3 nitrogen and oxygen atoms in total. The lowest BCUT2D eigenvalue weighted by atomic mass is 9.79. The van der Waals surface area contributed by atoms with E-state index in [2.05, 4.69) is 32.9 Å². The minimum Gasteiger partial charge on any atom is -0.396 e. The standard InChI is InChI=1S/C18H31NO2S/c1-6-9-16(19-21-7-2)18-13(4)10-15(12-17(18)20)11-14(5)22-8-3/h14-15H,6-12H2,1-5H3. The second kappa shape index (κ2) is 10.1. The maximum atomic E-state index is 12.6. The number of thioether (sulfide) groups is 1. The van der Waals surface area contributed by atoms with Gasteiger partial charge in [-0.05, 0) is 44.8 Å². The average molecular weight is 326 g/mol. The molecular weight excluding hydrogens is 294 g/mol. The van der Waals surface area contributed by atoms with Gasteiger partial charge in [0.15, 0.2) is 5.78 Å². The highest BCUT2D eigenvalue weighted by Crippen LogP contribution is 2.33. The maximum absolute atomic E-state index is 12.6. The van der Waals surface area contributed by atoms with Gasteiger partial charge in [0.1, 0.15) is 6.61 Å². The molecule has 2 atom stereocenters. The van der Waals surface area contributed by atoms with Crippen LogP contribution in [0.5, 0.6) is 0 Å². The molecule has 22 heavy (non-hydrogen) atoms. The fourth-order valence-electron chi connectivity index (χ4n) is 3.20. The van der Waals surface area contributed by atoms with Crippen molar-refractivity contribution in [3.05, 3.63) is 11.1 Å². The molecule has 0 saturated carbocycles. The smallest absolute Gasteiger partial charge is 0.165 e. The SMILES string of the molecule is CCCC(=NOCC)C1=C(C)CC(CC(C)SCC)CC1=O. The van der Waals surface area contributed by atoms with Gasteiger partial charge in [-0.2, -0.15) is 11.8 Å². The van der Waals surface area contributed by atoms with E-state index in [1.54, 1.807) is 0 Å². The first-order chi connectivity index (χ1) is 10.5. The normalized spacial score (nSPS) is 21.2. The van der Waals surface area contributed by atoms with Crippen LogP contribution in [0.2, 0.25) is 0 Å². The highest BCUT2D eigenvalue weighted by molar-refractivity contribution is 7.99. The van der Waals surface area contributed by atoms with Gasteiger partial charge in [-0.15, -0.1) is 0 Å². The van der Waals surface area contributed by atoms with Crippen molar-refractivity contribution < 1.29 is 9.63 Å². The molecular formula is C18H31NO2S. The zero-order valence-corrected chi connectivity index (χ0v) is 15.6. The van der Waals surface area contributed by atoms with Crippen molar-refractivity contribution in [2.45, 2.75) is 72.0 Å². The van der Waals surface area contributed by atoms with Crippen LogP contribution >= 0.6 is 11.8 Å². The Morgan fingerprint density at radius 2 is 2.09 bits per heavy atom. The number of oxime groups is 1. The maximum Gasteiger partial charge on any atom is 0.165 e. The average Bonchev–Trinajstić information content (AvgIpc) is 2.44. The van der Waals surface area contributed by atoms with Crippen molar-refractivity contribution in [3.63, 3.8) is 0 Å². The number of carbonyl (C=O) groups is 1. The molecule has 0 N–H and O–H groups in total. The molecule has 0 bridgehead atoms. The van der Waals surface area contributed by atoms with Crippen molar-refractivity contribution in [2.24, 2.45) is 11.1 Å². The predicted molar refractivity (Wildman–Crippen MR) is 96.6 cm³/mol.